The van der Waals surface area contributed by atoms with Crippen molar-refractivity contribution in [2.45, 2.75) is 49.3 Å². The van der Waals surface area contributed by atoms with Crippen molar-refractivity contribution >= 4 is 71.4 Å². The molecule has 3 heterocycles. The number of nitrogens with zero attached hydrogens (tertiary/aromatic N) is 2. The Morgan fingerprint density at radius 3 is 2.33 bits per heavy atom. The molecule has 0 aliphatic carbocycles. The van der Waals surface area contributed by atoms with Crippen LogP contribution in [0, 0.1) is 0 Å². The van der Waals surface area contributed by atoms with E-state index in [0.29, 0.717) is 60.8 Å². The SMILES string of the molecule is NCCCCNC(=O)[C@]1(O)[C@H](c2c[nH]c3cc(Br)ccc23)[C@](O)(Cc2c[nH]c3cc(Br)ccc23)C(=O)N1CCCCN=C(N)N. The van der Waals surface area contributed by atoms with Crippen LogP contribution in [0.2, 0.25) is 0 Å². The lowest BCUT2D eigenvalue weighted by molar-refractivity contribution is -0.167. The lowest BCUT2D eigenvalue weighted by Gasteiger charge is -2.37. The Morgan fingerprint density at radius 2 is 1.64 bits per heavy atom. The summed E-state index contributed by atoms with van der Waals surface area (Å²) in [5.74, 6) is -2.92. The van der Waals surface area contributed by atoms with Crippen molar-refractivity contribution in [1.82, 2.24) is 20.2 Å². The molecule has 0 saturated carbocycles. The number of likely N-dealkylation sites (tertiary alicyclic amines) is 1. The predicted octanol–water partition coefficient (Wildman–Crippen LogP) is 2.67. The van der Waals surface area contributed by atoms with Crippen molar-refractivity contribution in [3.8, 4) is 0 Å². The third-order valence-electron chi connectivity index (χ3n) is 8.42. The van der Waals surface area contributed by atoms with Gasteiger partial charge in [0.15, 0.2) is 11.6 Å². The molecule has 12 nitrogen and oxygen atoms in total. The van der Waals surface area contributed by atoms with Gasteiger partial charge in [-0.15, -0.1) is 0 Å². The molecule has 1 aliphatic rings. The van der Waals surface area contributed by atoms with Gasteiger partial charge in [0.2, 0.25) is 5.72 Å². The number of aliphatic hydroxyl groups is 2. The summed E-state index contributed by atoms with van der Waals surface area (Å²) < 4.78 is 1.69. The monoisotopic (exact) mass is 744 g/mol. The number of fused-ring (bicyclic) bond motifs is 2. The number of benzene rings is 2. The first-order chi connectivity index (χ1) is 21.5. The maximum Gasteiger partial charge on any atom is 0.274 e. The second-order valence-corrected chi connectivity index (χ2v) is 13.3. The Balaban J connectivity index is 1.63. The van der Waals surface area contributed by atoms with Crippen molar-refractivity contribution < 1.29 is 19.8 Å². The van der Waals surface area contributed by atoms with E-state index >= 15 is 0 Å². The zero-order valence-electron chi connectivity index (χ0n) is 24.7. The number of guanidine groups is 1. The van der Waals surface area contributed by atoms with Crippen molar-refractivity contribution in [1.29, 1.82) is 0 Å². The van der Waals surface area contributed by atoms with Crippen LogP contribution in [0.5, 0.6) is 0 Å². The Labute approximate surface area is 277 Å². The minimum absolute atomic E-state index is 0.0148. The predicted molar refractivity (Wildman–Crippen MR) is 181 cm³/mol. The zero-order valence-corrected chi connectivity index (χ0v) is 27.8. The third kappa shape index (κ3) is 6.34. The first-order valence-corrected chi connectivity index (χ1v) is 16.4. The summed E-state index contributed by atoms with van der Waals surface area (Å²) in [6, 6.07) is 11.2. The number of H-pyrrole nitrogens is 2. The number of nitrogens with one attached hydrogen (secondary N) is 3. The molecule has 4 aromatic rings. The molecule has 2 aromatic heterocycles. The van der Waals surface area contributed by atoms with E-state index in [-0.39, 0.29) is 25.5 Å². The fourth-order valence-corrected chi connectivity index (χ4v) is 7.05. The number of carbonyl (C=O) groups is 2. The third-order valence-corrected chi connectivity index (χ3v) is 9.40. The first kappa shape index (κ1) is 32.9. The van der Waals surface area contributed by atoms with Crippen LogP contribution < -0.4 is 22.5 Å². The molecular weight excluding hydrogens is 708 g/mol. The minimum atomic E-state index is -2.43. The number of aromatic amines is 2. The van der Waals surface area contributed by atoms with Gasteiger partial charge >= 0.3 is 0 Å². The molecule has 2 aromatic carbocycles. The number of hydrogen-bond donors (Lipinski definition) is 8. The number of aliphatic imine (C=N–C) groups is 1. The Morgan fingerprint density at radius 1 is 0.978 bits per heavy atom. The highest BCUT2D eigenvalue weighted by Gasteiger charge is 2.70. The fraction of sp³-hybridized carbons (Fsp3) is 0.387. The number of unbranched alkanes of at least 4 members (excludes halogenated alkanes) is 2. The maximum absolute atomic E-state index is 14.5. The van der Waals surface area contributed by atoms with Crippen molar-refractivity contribution in [3.63, 3.8) is 0 Å². The largest absolute Gasteiger partial charge is 0.379 e. The zero-order chi connectivity index (χ0) is 32.4. The van der Waals surface area contributed by atoms with Crippen LogP contribution in [-0.4, -0.2) is 80.4 Å². The molecule has 0 radical (unpaired) electrons. The number of aromatic nitrogens is 2. The van der Waals surface area contributed by atoms with Crippen molar-refractivity contribution in [2.75, 3.05) is 26.2 Å². The number of amides is 2. The molecule has 240 valence electrons. The van der Waals surface area contributed by atoms with Crippen LogP contribution in [0.25, 0.3) is 21.8 Å². The topological polar surface area (TPSA) is 212 Å². The van der Waals surface area contributed by atoms with Crippen LogP contribution >= 0.6 is 31.9 Å². The molecule has 3 atom stereocenters. The summed E-state index contributed by atoms with van der Waals surface area (Å²) in [4.78, 5) is 40.2. The van der Waals surface area contributed by atoms with Gasteiger partial charge in [0.25, 0.3) is 11.8 Å². The summed E-state index contributed by atoms with van der Waals surface area (Å²) in [6.45, 7) is 0.992. The summed E-state index contributed by atoms with van der Waals surface area (Å²) in [6.07, 6.45) is 5.36. The minimum Gasteiger partial charge on any atom is -0.379 e. The van der Waals surface area contributed by atoms with Crippen LogP contribution in [0.4, 0.5) is 0 Å². The molecule has 0 unspecified atom stereocenters. The standard InChI is InChI=1S/C31H38Br2N8O4/c32-19-5-7-21-18(16-39-24(21)13-19)15-30(44)26(23-17-40-25-14-20(33)6-8-22(23)25)31(45,27(42)37-10-2-1-9-34)41(28(30)43)12-4-3-11-38-29(35)36/h5-8,13-14,16-17,26,39-40,44-45H,1-4,9-12,15,34H2,(H,37,42)(H4,35,36,38)/t26-,30-,31-/m1/s1. The van der Waals surface area contributed by atoms with Gasteiger partial charge in [-0.3, -0.25) is 14.6 Å². The lowest BCUT2D eigenvalue weighted by atomic mass is 9.75. The Kier molecular flexibility index (Phi) is 9.89. The van der Waals surface area contributed by atoms with E-state index in [1.165, 1.54) is 0 Å². The molecule has 14 heteroatoms. The summed E-state index contributed by atoms with van der Waals surface area (Å²) in [5.41, 5.74) is 14.6. The second-order valence-electron chi connectivity index (χ2n) is 11.4. The lowest BCUT2D eigenvalue weighted by Crippen LogP contribution is -2.59. The average molecular weight is 747 g/mol. The molecule has 45 heavy (non-hydrogen) atoms. The average Bonchev–Trinajstić information content (AvgIpc) is 3.63. The van der Waals surface area contributed by atoms with Gasteiger partial charge in [-0.2, -0.15) is 0 Å². The summed E-state index contributed by atoms with van der Waals surface area (Å²) in [5, 5.41) is 29.6. The van der Waals surface area contributed by atoms with Crippen LogP contribution in [0.15, 0.2) is 62.7 Å². The number of carbonyl (C=O) groups excluding carboxylic acids is 2. The highest BCUT2D eigenvalue weighted by Crippen LogP contribution is 2.51. The van der Waals surface area contributed by atoms with Crippen LogP contribution in [-0.2, 0) is 16.0 Å². The normalized spacial score (nSPS) is 21.6. The maximum atomic E-state index is 14.5. The highest BCUT2D eigenvalue weighted by molar-refractivity contribution is 9.10. The fourth-order valence-electron chi connectivity index (χ4n) is 6.32. The van der Waals surface area contributed by atoms with Crippen molar-refractivity contribution in [2.24, 2.45) is 22.2 Å². The van der Waals surface area contributed by atoms with Gasteiger partial charge in [-0.05, 0) is 67.6 Å². The molecule has 1 saturated heterocycles. The van der Waals surface area contributed by atoms with Crippen LogP contribution in [0.1, 0.15) is 42.7 Å². The second kappa shape index (κ2) is 13.5. The van der Waals surface area contributed by atoms with E-state index in [2.05, 4.69) is 52.1 Å². The van der Waals surface area contributed by atoms with E-state index in [4.69, 9.17) is 17.2 Å². The van der Waals surface area contributed by atoms with E-state index < -0.39 is 29.1 Å². The smallest absolute Gasteiger partial charge is 0.274 e. The molecule has 1 fully saturated rings. The van der Waals surface area contributed by atoms with Gasteiger partial charge in [0.05, 0.1) is 5.92 Å². The number of nitrogens with two attached hydrogens (primary N) is 3. The van der Waals surface area contributed by atoms with Crippen LogP contribution in [0.3, 0.4) is 0 Å². The highest BCUT2D eigenvalue weighted by atomic mass is 79.9. The van der Waals surface area contributed by atoms with E-state index in [9.17, 15) is 19.8 Å². The number of rotatable bonds is 13. The number of hydrogen-bond acceptors (Lipinski definition) is 6. The van der Waals surface area contributed by atoms with Crippen molar-refractivity contribution in [3.05, 3.63) is 68.9 Å². The van der Waals surface area contributed by atoms with Gasteiger partial charge in [0.1, 0.15) is 0 Å². The van der Waals surface area contributed by atoms with E-state index in [1.807, 2.05) is 36.4 Å². The number of halogens is 2. The summed E-state index contributed by atoms with van der Waals surface area (Å²) in [7, 11) is 0. The van der Waals surface area contributed by atoms with Gasteiger partial charge in [-0.25, -0.2) is 0 Å². The van der Waals surface area contributed by atoms with Gasteiger partial charge < -0.3 is 47.6 Å². The first-order valence-electron chi connectivity index (χ1n) is 14.8. The molecule has 5 rings (SSSR count). The molecule has 0 bridgehead atoms. The van der Waals surface area contributed by atoms with Gasteiger partial charge in [-0.1, -0.05) is 44.0 Å². The molecule has 2 amide bonds. The van der Waals surface area contributed by atoms with E-state index in [0.717, 1.165) is 24.7 Å². The molecule has 0 spiro atoms. The summed E-state index contributed by atoms with van der Waals surface area (Å²) >= 11 is 6.97. The van der Waals surface area contributed by atoms with E-state index in [1.54, 1.807) is 12.4 Å². The molecule has 11 N–H and O–H groups in total. The van der Waals surface area contributed by atoms with Gasteiger partial charge in [0, 0.05) is 69.2 Å². The Bertz CT molecular complexity index is 1730. The molecular formula is C31H38Br2N8O4. The molecule has 1 aliphatic heterocycles. The Hall–Kier alpha value is -3.43. The quantitative estimate of drug-likeness (QED) is 0.0582.